The monoisotopic (exact) mass is 233 g/mol. The molecule has 0 aliphatic carbocycles. The second-order valence-corrected chi connectivity index (χ2v) is 4.42. The Morgan fingerprint density at radius 1 is 1.73 bits per heavy atom. The summed E-state index contributed by atoms with van der Waals surface area (Å²) in [6.07, 6.45) is 2.80. The van der Waals surface area contributed by atoms with Crippen LogP contribution in [0.3, 0.4) is 0 Å². The molecule has 0 saturated carbocycles. The van der Waals surface area contributed by atoms with E-state index < -0.39 is 12.0 Å². The van der Waals surface area contributed by atoms with Gasteiger partial charge in [0.05, 0.1) is 6.10 Å². The van der Waals surface area contributed by atoms with Gasteiger partial charge in [-0.3, -0.25) is 4.79 Å². The predicted octanol–water partition coefficient (Wildman–Crippen LogP) is 0.0978. The number of hydrogen-bond acceptors (Lipinski definition) is 4. The molecule has 0 radical (unpaired) electrons. The summed E-state index contributed by atoms with van der Waals surface area (Å²) in [5, 5.41) is 11.0. The predicted molar refractivity (Wildman–Crippen MR) is 56.9 cm³/mol. The number of hydrogen-bond donors (Lipinski definition) is 2. The maximum Gasteiger partial charge on any atom is 0.327 e. The molecule has 2 atom stereocenters. The van der Waals surface area contributed by atoms with Crippen LogP contribution in [0.5, 0.6) is 0 Å². The van der Waals surface area contributed by atoms with Crippen LogP contribution in [0.1, 0.15) is 12.8 Å². The van der Waals surface area contributed by atoms with E-state index in [0.717, 1.165) is 25.2 Å². The summed E-state index contributed by atoms with van der Waals surface area (Å²) >= 11 is 1.50. The number of thioether (sulfide) groups is 1. The summed E-state index contributed by atoms with van der Waals surface area (Å²) in [5.74, 6) is 0.181. The molecule has 2 unspecified atom stereocenters. The molecule has 1 aliphatic rings. The minimum atomic E-state index is -0.998. The van der Waals surface area contributed by atoms with Crippen LogP contribution in [-0.4, -0.2) is 47.7 Å². The Morgan fingerprint density at radius 2 is 2.53 bits per heavy atom. The van der Waals surface area contributed by atoms with Gasteiger partial charge >= 0.3 is 5.97 Å². The van der Waals surface area contributed by atoms with Gasteiger partial charge < -0.3 is 15.2 Å². The first kappa shape index (κ1) is 12.3. The van der Waals surface area contributed by atoms with Crippen LogP contribution in [0.2, 0.25) is 0 Å². The standard InChI is InChI=1S/C9H15NO4S/c11-6-10-8(9(12)13)5-15-4-7-2-1-3-14-7/h6-8H,1-5H2,(H,10,11)(H,12,13). The van der Waals surface area contributed by atoms with Gasteiger partial charge in [-0.15, -0.1) is 0 Å². The van der Waals surface area contributed by atoms with Gasteiger partial charge in [0, 0.05) is 18.1 Å². The van der Waals surface area contributed by atoms with Crippen LogP contribution in [0, 0.1) is 0 Å². The normalized spacial score (nSPS) is 22.3. The molecule has 0 aromatic heterocycles. The van der Waals surface area contributed by atoms with Crippen molar-refractivity contribution in [2.75, 3.05) is 18.1 Å². The number of ether oxygens (including phenoxy) is 1. The lowest BCUT2D eigenvalue weighted by Crippen LogP contribution is -2.38. The van der Waals surface area contributed by atoms with Gasteiger partial charge in [0.1, 0.15) is 6.04 Å². The van der Waals surface area contributed by atoms with Crippen molar-refractivity contribution in [3.63, 3.8) is 0 Å². The summed E-state index contributed by atoms with van der Waals surface area (Å²) in [6.45, 7) is 0.806. The second kappa shape index (κ2) is 6.68. The molecule has 1 fully saturated rings. The van der Waals surface area contributed by atoms with E-state index in [9.17, 15) is 9.59 Å². The maximum atomic E-state index is 10.7. The number of aliphatic carboxylic acids is 1. The molecule has 1 aliphatic heterocycles. The third kappa shape index (κ3) is 4.53. The van der Waals surface area contributed by atoms with Gasteiger partial charge in [-0.05, 0) is 12.8 Å². The highest BCUT2D eigenvalue weighted by Gasteiger charge is 2.19. The van der Waals surface area contributed by atoms with Crippen molar-refractivity contribution in [1.82, 2.24) is 5.32 Å². The van der Waals surface area contributed by atoms with E-state index in [4.69, 9.17) is 9.84 Å². The Labute approximate surface area is 92.6 Å². The van der Waals surface area contributed by atoms with E-state index in [1.807, 2.05) is 0 Å². The van der Waals surface area contributed by atoms with Crippen LogP contribution in [0.25, 0.3) is 0 Å². The van der Waals surface area contributed by atoms with Crippen LogP contribution < -0.4 is 5.32 Å². The number of rotatable bonds is 7. The topological polar surface area (TPSA) is 75.6 Å². The minimum Gasteiger partial charge on any atom is -0.480 e. The average Bonchev–Trinajstić information content (AvgIpc) is 2.69. The van der Waals surface area contributed by atoms with Crippen molar-refractivity contribution in [3.8, 4) is 0 Å². The molecule has 6 heteroatoms. The van der Waals surface area contributed by atoms with E-state index >= 15 is 0 Å². The Hall–Kier alpha value is -0.750. The summed E-state index contributed by atoms with van der Waals surface area (Å²) < 4.78 is 5.40. The third-order valence-electron chi connectivity index (χ3n) is 2.18. The summed E-state index contributed by atoms with van der Waals surface area (Å²) in [4.78, 5) is 20.8. The molecule has 1 heterocycles. The third-order valence-corrected chi connectivity index (χ3v) is 3.36. The summed E-state index contributed by atoms with van der Waals surface area (Å²) in [6, 6.07) is -0.797. The number of amides is 1. The highest BCUT2D eigenvalue weighted by Crippen LogP contribution is 2.17. The van der Waals surface area contributed by atoms with Crippen molar-refractivity contribution in [2.45, 2.75) is 25.0 Å². The Bertz CT molecular complexity index is 218. The van der Waals surface area contributed by atoms with Crippen molar-refractivity contribution >= 4 is 24.1 Å². The van der Waals surface area contributed by atoms with Gasteiger partial charge in [0.2, 0.25) is 6.41 Å². The zero-order chi connectivity index (χ0) is 11.1. The molecule has 15 heavy (non-hydrogen) atoms. The fraction of sp³-hybridized carbons (Fsp3) is 0.778. The number of nitrogens with one attached hydrogen (secondary N) is 1. The van der Waals surface area contributed by atoms with Crippen molar-refractivity contribution in [1.29, 1.82) is 0 Å². The first-order valence-electron chi connectivity index (χ1n) is 4.86. The van der Waals surface area contributed by atoms with E-state index in [1.54, 1.807) is 0 Å². The molecular weight excluding hydrogens is 218 g/mol. The lowest BCUT2D eigenvalue weighted by Gasteiger charge is -2.12. The maximum absolute atomic E-state index is 10.7. The van der Waals surface area contributed by atoms with Gasteiger partial charge in [0.25, 0.3) is 0 Å². The molecule has 0 spiro atoms. The second-order valence-electron chi connectivity index (χ2n) is 3.35. The van der Waals surface area contributed by atoms with Crippen molar-refractivity contribution < 1.29 is 19.4 Å². The fourth-order valence-corrected chi connectivity index (χ4v) is 2.50. The van der Waals surface area contributed by atoms with Gasteiger partial charge in [-0.25, -0.2) is 4.79 Å². The highest BCUT2D eigenvalue weighted by atomic mass is 32.2. The Kier molecular flexibility index (Phi) is 5.49. The molecule has 5 nitrogen and oxygen atoms in total. The van der Waals surface area contributed by atoms with Crippen LogP contribution >= 0.6 is 11.8 Å². The summed E-state index contributed by atoms with van der Waals surface area (Å²) in [7, 11) is 0. The number of carbonyl (C=O) groups is 2. The highest BCUT2D eigenvalue weighted by molar-refractivity contribution is 7.99. The molecule has 1 saturated heterocycles. The van der Waals surface area contributed by atoms with E-state index in [1.165, 1.54) is 11.8 Å². The molecule has 0 aromatic rings. The van der Waals surface area contributed by atoms with Crippen LogP contribution in [0.4, 0.5) is 0 Å². The minimum absolute atomic E-state index is 0.251. The lowest BCUT2D eigenvalue weighted by atomic mass is 10.3. The smallest absolute Gasteiger partial charge is 0.327 e. The zero-order valence-corrected chi connectivity index (χ0v) is 9.16. The number of carbonyl (C=O) groups excluding carboxylic acids is 1. The molecule has 0 bridgehead atoms. The molecule has 0 aromatic carbocycles. The van der Waals surface area contributed by atoms with E-state index in [0.29, 0.717) is 12.2 Å². The molecule has 1 amide bonds. The quantitative estimate of drug-likeness (QED) is 0.610. The molecule has 1 rings (SSSR count). The number of carboxylic acids is 1. The van der Waals surface area contributed by atoms with Crippen LogP contribution in [0.15, 0.2) is 0 Å². The van der Waals surface area contributed by atoms with Gasteiger partial charge in [0.15, 0.2) is 0 Å². The first-order valence-corrected chi connectivity index (χ1v) is 6.01. The number of carboxylic acid groups (broad SMARTS) is 1. The zero-order valence-electron chi connectivity index (χ0n) is 8.35. The van der Waals surface area contributed by atoms with E-state index in [-0.39, 0.29) is 6.10 Å². The van der Waals surface area contributed by atoms with Gasteiger partial charge in [-0.2, -0.15) is 11.8 Å². The fourth-order valence-electron chi connectivity index (χ4n) is 1.37. The Morgan fingerprint density at radius 3 is 3.07 bits per heavy atom. The molecular formula is C9H15NO4S. The van der Waals surface area contributed by atoms with Crippen molar-refractivity contribution in [2.24, 2.45) is 0 Å². The lowest BCUT2D eigenvalue weighted by molar-refractivity contribution is -0.139. The first-order chi connectivity index (χ1) is 7.24. The summed E-state index contributed by atoms with van der Waals surface area (Å²) in [5.41, 5.74) is 0. The average molecular weight is 233 g/mol. The van der Waals surface area contributed by atoms with Gasteiger partial charge in [-0.1, -0.05) is 0 Å². The molecule has 86 valence electrons. The molecule has 2 N–H and O–H groups in total. The largest absolute Gasteiger partial charge is 0.480 e. The Balaban J connectivity index is 2.15. The van der Waals surface area contributed by atoms with Crippen LogP contribution in [-0.2, 0) is 14.3 Å². The van der Waals surface area contributed by atoms with Crippen molar-refractivity contribution in [3.05, 3.63) is 0 Å². The van der Waals surface area contributed by atoms with E-state index in [2.05, 4.69) is 5.32 Å². The SMILES string of the molecule is O=CNC(CSCC1CCCO1)C(=O)O.